The van der Waals surface area contributed by atoms with Gasteiger partial charge < -0.3 is 0 Å². The monoisotopic (exact) mass is 526 g/mol. The number of unbranched alkanes of at least 4 members (excludes halogenated alkanes) is 5. The predicted octanol–water partition coefficient (Wildman–Crippen LogP) is 8.45. The Morgan fingerprint density at radius 3 is 1.66 bits per heavy atom. The molecule has 0 heterocycles. The van der Waals surface area contributed by atoms with Gasteiger partial charge in [0.25, 0.3) is 0 Å². The summed E-state index contributed by atoms with van der Waals surface area (Å²) in [6, 6.07) is 11.2. The molecule has 1 aromatic carbocycles. The Morgan fingerprint density at radius 2 is 1.21 bits per heavy atom. The Balaban J connectivity index is 3.21. The first-order valence-electron chi connectivity index (χ1n) is 12.7. The fourth-order valence-electron chi connectivity index (χ4n) is 4.78. The molecule has 0 spiro atoms. The van der Waals surface area contributed by atoms with Crippen LogP contribution in [0.5, 0.6) is 0 Å². The zero-order valence-corrected chi connectivity index (χ0v) is 24.4. The summed E-state index contributed by atoms with van der Waals surface area (Å²) in [5, 5.41) is 1.47. The summed E-state index contributed by atoms with van der Waals surface area (Å²) in [4.78, 5) is 0. The summed E-state index contributed by atoms with van der Waals surface area (Å²) in [5.41, 5.74) is 0. The molecule has 0 fully saturated rings. The molecule has 0 saturated carbocycles. The van der Waals surface area contributed by atoms with Crippen molar-refractivity contribution in [2.45, 2.75) is 122 Å². The van der Waals surface area contributed by atoms with Crippen molar-refractivity contribution in [3.05, 3.63) is 30.3 Å². The molecule has 3 heteroatoms. The van der Waals surface area contributed by atoms with Crippen LogP contribution in [0.4, 0.5) is 0 Å². The van der Waals surface area contributed by atoms with E-state index in [1.807, 2.05) is 0 Å². The normalized spacial score (nSPS) is 13.6. The molecule has 0 aliphatic carbocycles. The molecular weight excluding hydrogens is 475 g/mol. The molecule has 0 radical (unpaired) electrons. The average molecular weight is 525 g/mol. The van der Waals surface area contributed by atoms with Crippen molar-refractivity contribution < 1.29 is 4.43 Å². The third-order valence-corrected chi connectivity index (χ3v) is 26.6. The van der Waals surface area contributed by atoms with E-state index in [0.717, 1.165) is 0 Å². The van der Waals surface area contributed by atoms with Crippen LogP contribution in [0.3, 0.4) is 0 Å². The Hall–Kier alpha value is 0.196. The van der Waals surface area contributed by atoms with Crippen LogP contribution >= 0.6 is 0 Å². The second kappa shape index (κ2) is 15.1. The van der Waals surface area contributed by atoms with E-state index in [1.54, 1.807) is 13.3 Å². The van der Waals surface area contributed by atoms with Crippen molar-refractivity contribution in [1.82, 2.24) is 0 Å². The summed E-state index contributed by atoms with van der Waals surface area (Å²) >= 11 is -2.41. The van der Waals surface area contributed by atoms with Gasteiger partial charge in [0.2, 0.25) is 0 Å². The van der Waals surface area contributed by atoms with Gasteiger partial charge in [0, 0.05) is 0 Å². The van der Waals surface area contributed by atoms with Crippen molar-refractivity contribution in [1.29, 1.82) is 0 Å². The molecule has 0 bridgehead atoms. The van der Waals surface area contributed by atoms with Crippen LogP contribution in [-0.2, 0) is 4.43 Å². The van der Waals surface area contributed by atoms with E-state index in [2.05, 4.69) is 71.1 Å². The van der Waals surface area contributed by atoms with Crippen LogP contribution < -0.4 is 5.19 Å². The molecule has 0 aliphatic rings. The number of hydrogen-bond acceptors (Lipinski definition) is 1. The minimum absolute atomic E-state index is 0.627. The van der Waals surface area contributed by atoms with E-state index in [0.29, 0.717) is 4.12 Å². The van der Waals surface area contributed by atoms with Gasteiger partial charge in [-0.25, -0.2) is 0 Å². The molecule has 1 rings (SSSR count). The summed E-state index contributed by atoms with van der Waals surface area (Å²) in [6.07, 6.45) is 13.7. The van der Waals surface area contributed by atoms with Crippen LogP contribution in [0.2, 0.25) is 26.4 Å². The minimum atomic E-state index is -2.41. The van der Waals surface area contributed by atoms with Gasteiger partial charge in [0.15, 0.2) is 0 Å². The van der Waals surface area contributed by atoms with E-state index in [9.17, 15) is 0 Å². The first-order chi connectivity index (χ1) is 14.0. The second-order valence-electron chi connectivity index (χ2n) is 9.65. The summed E-state index contributed by atoms with van der Waals surface area (Å²) < 4.78 is 12.7. The van der Waals surface area contributed by atoms with Gasteiger partial charge in [-0.1, -0.05) is 0 Å². The van der Waals surface area contributed by atoms with E-state index in [4.69, 9.17) is 4.43 Å². The van der Waals surface area contributed by atoms with Crippen LogP contribution in [0.25, 0.3) is 0 Å². The molecule has 1 aromatic rings. The first kappa shape index (κ1) is 27.2. The molecule has 0 aromatic heterocycles. The van der Waals surface area contributed by atoms with Gasteiger partial charge in [-0.3, -0.25) is 0 Å². The third-order valence-electron chi connectivity index (χ3n) is 6.74. The molecule has 1 unspecified atom stereocenters. The molecule has 168 valence electrons. The van der Waals surface area contributed by atoms with Crippen molar-refractivity contribution in [2.75, 3.05) is 0 Å². The summed E-state index contributed by atoms with van der Waals surface area (Å²) in [7, 11) is -1.88. The molecule has 0 aliphatic heterocycles. The van der Waals surface area contributed by atoms with Crippen LogP contribution in [0.1, 0.15) is 91.9 Å². The molecule has 1 atom stereocenters. The van der Waals surface area contributed by atoms with E-state index in [-0.39, 0.29) is 0 Å². The topological polar surface area (TPSA) is 9.23 Å². The van der Waals surface area contributed by atoms with Crippen molar-refractivity contribution in [3.8, 4) is 0 Å². The molecule has 0 N–H and O–H groups in total. The zero-order chi connectivity index (χ0) is 21.6. The molecule has 1 nitrogen and oxygen atoms in total. The Bertz CT molecular complexity index is 495. The van der Waals surface area contributed by atoms with Crippen LogP contribution in [0.15, 0.2) is 30.3 Å². The fraction of sp³-hybridized carbons (Fsp3) is 0.769. The zero-order valence-electron chi connectivity index (χ0n) is 20.6. The van der Waals surface area contributed by atoms with Gasteiger partial charge in [0.1, 0.15) is 0 Å². The van der Waals surface area contributed by atoms with Crippen molar-refractivity contribution >= 4 is 31.9 Å². The van der Waals surface area contributed by atoms with Crippen molar-refractivity contribution in [3.63, 3.8) is 0 Å². The SMILES string of the molecule is CCCCC[CH](O[Si](C)(C)c1ccccc1)[Sn]([CH2]CCC)([CH2]CCC)[CH2]CCC. The van der Waals surface area contributed by atoms with Gasteiger partial charge in [0.05, 0.1) is 0 Å². The van der Waals surface area contributed by atoms with Gasteiger partial charge in [-0.2, -0.15) is 0 Å². The van der Waals surface area contributed by atoms with Crippen molar-refractivity contribution in [2.24, 2.45) is 0 Å². The molecule has 0 saturated heterocycles. The maximum atomic E-state index is 7.36. The Kier molecular flexibility index (Phi) is 14.2. The maximum absolute atomic E-state index is 7.36. The number of rotatable bonds is 17. The molecular formula is C26H50OSiSn. The van der Waals surface area contributed by atoms with Gasteiger partial charge in [-0.15, -0.1) is 0 Å². The summed E-state index contributed by atoms with van der Waals surface area (Å²) in [6.45, 7) is 14.4. The predicted molar refractivity (Wildman–Crippen MR) is 137 cm³/mol. The van der Waals surface area contributed by atoms with Crippen LogP contribution in [-0.4, -0.2) is 30.8 Å². The second-order valence-corrected chi connectivity index (χ2v) is 27.4. The number of benzene rings is 1. The van der Waals surface area contributed by atoms with Gasteiger partial charge in [-0.05, 0) is 0 Å². The Labute approximate surface area is 188 Å². The van der Waals surface area contributed by atoms with E-state index >= 15 is 0 Å². The van der Waals surface area contributed by atoms with E-state index < -0.39 is 26.7 Å². The van der Waals surface area contributed by atoms with Gasteiger partial charge >= 0.3 is 189 Å². The third kappa shape index (κ3) is 9.47. The Morgan fingerprint density at radius 1 is 0.724 bits per heavy atom. The molecule has 0 amide bonds. The standard InChI is InChI=1S/C14H23OSi.3C4H9.Sn/c1-4-5-6-10-13-15-16(2,3)14-11-8-7-9-12-14;3*1-3-4-2;/h7-9,11-13H,4-6,10H2,1-3H3;3*1,3-4H2,2H3;. The quantitative estimate of drug-likeness (QED) is 0.147. The van der Waals surface area contributed by atoms with E-state index in [1.165, 1.54) is 69.4 Å². The molecule has 29 heavy (non-hydrogen) atoms. The summed E-state index contributed by atoms with van der Waals surface area (Å²) in [5.74, 6) is 0. The van der Waals surface area contributed by atoms with Crippen LogP contribution in [0, 0.1) is 0 Å². The number of hydrogen-bond donors (Lipinski definition) is 0. The average Bonchev–Trinajstić information content (AvgIpc) is 2.73. The first-order valence-corrected chi connectivity index (χ1v) is 23.3. The fourth-order valence-corrected chi connectivity index (χ4v) is 27.9.